The van der Waals surface area contributed by atoms with Crippen LogP contribution >= 0.6 is 0 Å². The fourth-order valence-electron chi connectivity index (χ4n) is 3.55. The van der Waals surface area contributed by atoms with E-state index in [9.17, 15) is 14.0 Å². The minimum Gasteiger partial charge on any atom is -0.465 e. The molecule has 2 amide bonds. The Kier molecular flexibility index (Phi) is 6.64. The van der Waals surface area contributed by atoms with Crippen LogP contribution in [-0.2, 0) is 17.8 Å². The number of benzene rings is 3. The van der Waals surface area contributed by atoms with Crippen LogP contribution in [0.4, 0.5) is 9.18 Å². The van der Waals surface area contributed by atoms with Gasteiger partial charge in [0.1, 0.15) is 5.82 Å². The van der Waals surface area contributed by atoms with Crippen LogP contribution in [0, 0.1) is 5.82 Å². The summed E-state index contributed by atoms with van der Waals surface area (Å²) in [6, 6.07) is 19.8. The normalized spacial score (nSPS) is 11.7. The van der Waals surface area contributed by atoms with Gasteiger partial charge in [-0.05, 0) is 47.5 Å². The topological polar surface area (TPSA) is 85.2 Å². The molecule has 0 saturated carbocycles. The number of carbonyl (C=O) groups is 2. The molecule has 2 N–H and O–H groups in total. The van der Waals surface area contributed by atoms with Crippen molar-refractivity contribution in [1.82, 2.24) is 20.2 Å². The van der Waals surface area contributed by atoms with Gasteiger partial charge >= 0.3 is 12.0 Å². The summed E-state index contributed by atoms with van der Waals surface area (Å²) in [6.07, 6.45) is 1.73. The van der Waals surface area contributed by atoms with E-state index in [4.69, 9.17) is 0 Å². The molecule has 0 saturated heterocycles. The van der Waals surface area contributed by atoms with Crippen molar-refractivity contribution >= 4 is 23.0 Å². The molecule has 0 aliphatic heterocycles. The standard InChI is InChI=1S/C25H23FN4O3/c1-33-24(31)19-8-6-17(7-9-19)14-27-25(32)29-22(18-10-12-20(26)13-11-18)15-30-16-28-21-4-2-3-5-23(21)30/h2-13,16,22H,14-15H2,1H3,(H2,27,29,32). The minimum absolute atomic E-state index is 0.275. The SMILES string of the molecule is COC(=O)c1ccc(CNC(=O)NC(Cn2cnc3ccccc32)c2ccc(F)cc2)cc1. The van der Waals surface area contributed by atoms with Crippen LogP contribution in [0.2, 0.25) is 0 Å². The number of amides is 2. The lowest BCUT2D eigenvalue weighted by atomic mass is 10.1. The number of nitrogens with zero attached hydrogens (tertiary/aromatic N) is 2. The second kappa shape index (κ2) is 9.95. The monoisotopic (exact) mass is 446 g/mol. The molecular weight excluding hydrogens is 423 g/mol. The quantitative estimate of drug-likeness (QED) is 0.417. The first-order valence-electron chi connectivity index (χ1n) is 10.4. The molecule has 7 nitrogen and oxygen atoms in total. The molecule has 33 heavy (non-hydrogen) atoms. The third-order valence-electron chi connectivity index (χ3n) is 5.31. The molecule has 1 unspecified atom stereocenters. The first-order valence-corrected chi connectivity index (χ1v) is 10.4. The molecule has 1 atom stereocenters. The Morgan fingerprint density at radius 2 is 1.76 bits per heavy atom. The molecule has 3 aromatic carbocycles. The fourth-order valence-corrected chi connectivity index (χ4v) is 3.55. The van der Waals surface area contributed by atoms with E-state index in [-0.39, 0.29) is 18.4 Å². The third-order valence-corrected chi connectivity index (χ3v) is 5.31. The van der Waals surface area contributed by atoms with Gasteiger partial charge in [0, 0.05) is 13.1 Å². The second-order valence-corrected chi connectivity index (χ2v) is 7.51. The van der Waals surface area contributed by atoms with Gasteiger partial charge in [0.05, 0.1) is 36.1 Å². The van der Waals surface area contributed by atoms with Gasteiger partial charge in [0.25, 0.3) is 0 Å². The molecule has 1 aromatic heterocycles. The number of fused-ring (bicyclic) bond motifs is 1. The van der Waals surface area contributed by atoms with Gasteiger partial charge in [-0.15, -0.1) is 0 Å². The van der Waals surface area contributed by atoms with Crippen LogP contribution in [0.1, 0.15) is 27.5 Å². The number of rotatable bonds is 7. The molecule has 4 aromatic rings. The predicted octanol–water partition coefficient (Wildman–Crippen LogP) is 4.20. The van der Waals surface area contributed by atoms with Gasteiger partial charge in [0.2, 0.25) is 0 Å². The summed E-state index contributed by atoms with van der Waals surface area (Å²) in [4.78, 5) is 28.6. The number of halogens is 1. The van der Waals surface area contributed by atoms with Crippen molar-refractivity contribution in [2.45, 2.75) is 19.1 Å². The van der Waals surface area contributed by atoms with Gasteiger partial charge in [-0.1, -0.05) is 36.4 Å². The first-order chi connectivity index (χ1) is 16.0. The summed E-state index contributed by atoms with van der Waals surface area (Å²) in [5.41, 5.74) is 3.84. The molecule has 0 fully saturated rings. The summed E-state index contributed by atoms with van der Waals surface area (Å²) in [5, 5.41) is 5.79. The molecule has 168 valence electrons. The van der Waals surface area contributed by atoms with E-state index in [0.29, 0.717) is 12.1 Å². The molecule has 0 aliphatic rings. The van der Waals surface area contributed by atoms with Crippen LogP contribution in [-0.4, -0.2) is 28.7 Å². The Bertz CT molecular complexity index is 1250. The van der Waals surface area contributed by atoms with Crippen LogP contribution in [0.25, 0.3) is 11.0 Å². The Balaban J connectivity index is 1.46. The number of ether oxygens (including phenoxy) is 1. The maximum atomic E-state index is 13.5. The van der Waals surface area contributed by atoms with E-state index in [1.165, 1.54) is 19.2 Å². The minimum atomic E-state index is -0.415. The van der Waals surface area contributed by atoms with Gasteiger partial charge in [0.15, 0.2) is 0 Å². The smallest absolute Gasteiger partial charge is 0.337 e. The highest BCUT2D eigenvalue weighted by molar-refractivity contribution is 5.89. The molecule has 0 spiro atoms. The molecular formula is C25H23FN4O3. The molecule has 0 aliphatic carbocycles. The van der Waals surface area contributed by atoms with Crippen molar-refractivity contribution in [2.24, 2.45) is 0 Å². The number of esters is 1. The van der Waals surface area contributed by atoms with Crippen LogP contribution in [0.5, 0.6) is 0 Å². The largest absolute Gasteiger partial charge is 0.465 e. The van der Waals surface area contributed by atoms with Gasteiger partial charge in [-0.25, -0.2) is 19.0 Å². The summed E-state index contributed by atoms with van der Waals surface area (Å²) in [7, 11) is 1.33. The van der Waals surface area contributed by atoms with Crippen LogP contribution in [0.15, 0.2) is 79.1 Å². The number of hydrogen-bond donors (Lipinski definition) is 2. The molecule has 8 heteroatoms. The molecule has 0 bridgehead atoms. The zero-order valence-corrected chi connectivity index (χ0v) is 18.0. The predicted molar refractivity (Wildman–Crippen MR) is 122 cm³/mol. The number of imidazole rings is 1. The van der Waals surface area contributed by atoms with E-state index in [2.05, 4.69) is 20.4 Å². The zero-order chi connectivity index (χ0) is 23.2. The van der Waals surface area contributed by atoms with Gasteiger partial charge < -0.3 is 19.9 Å². The molecule has 0 radical (unpaired) electrons. The third kappa shape index (κ3) is 5.35. The maximum absolute atomic E-state index is 13.5. The highest BCUT2D eigenvalue weighted by Gasteiger charge is 2.17. The number of nitrogens with one attached hydrogen (secondary N) is 2. The summed E-state index contributed by atoms with van der Waals surface area (Å²) in [6.45, 7) is 0.699. The van der Waals surface area contributed by atoms with E-state index in [1.807, 2.05) is 28.8 Å². The van der Waals surface area contributed by atoms with Crippen LogP contribution < -0.4 is 10.6 Å². The van der Waals surface area contributed by atoms with Crippen molar-refractivity contribution in [3.8, 4) is 0 Å². The van der Waals surface area contributed by atoms with E-state index in [1.54, 1.807) is 42.7 Å². The Morgan fingerprint density at radius 1 is 1.03 bits per heavy atom. The highest BCUT2D eigenvalue weighted by Crippen LogP contribution is 2.20. The van der Waals surface area contributed by atoms with Crippen molar-refractivity contribution in [3.05, 3.63) is 102 Å². The second-order valence-electron chi connectivity index (χ2n) is 7.51. The number of urea groups is 1. The van der Waals surface area contributed by atoms with Crippen molar-refractivity contribution in [3.63, 3.8) is 0 Å². The lowest BCUT2D eigenvalue weighted by molar-refractivity contribution is 0.0600. The Labute approximate surface area is 190 Å². The lowest BCUT2D eigenvalue weighted by Crippen LogP contribution is -2.39. The number of aromatic nitrogens is 2. The van der Waals surface area contributed by atoms with Crippen LogP contribution in [0.3, 0.4) is 0 Å². The number of methoxy groups -OCH3 is 1. The zero-order valence-electron chi connectivity index (χ0n) is 18.0. The first kappa shape index (κ1) is 22.0. The fraction of sp³-hybridized carbons (Fsp3) is 0.160. The maximum Gasteiger partial charge on any atom is 0.337 e. The summed E-state index contributed by atoms with van der Waals surface area (Å²) < 4.78 is 20.1. The van der Waals surface area contributed by atoms with E-state index in [0.717, 1.165) is 22.2 Å². The van der Waals surface area contributed by atoms with Crippen molar-refractivity contribution in [2.75, 3.05) is 7.11 Å². The molecule has 1 heterocycles. The highest BCUT2D eigenvalue weighted by atomic mass is 19.1. The van der Waals surface area contributed by atoms with Gasteiger partial charge in [-0.3, -0.25) is 0 Å². The number of carbonyl (C=O) groups excluding carboxylic acids is 2. The Morgan fingerprint density at radius 3 is 2.48 bits per heavy atom. The summed E-state index contributed by atoms with van der Waals surface area (Å²) >= 11 is 0. The average Bonchev–Trinajstić information content (AvgIpc) is 3.25. The lowest BCUT2D eigenvalue weighted by Gasteiger charge is -2.21. The van der Waals surface area contributed by atoms with Gasteiger partial charge in [-0.2, -0.15) is 0 Å². The average molecular weight is 446 g/mol. The van der Waals surface area contributed by atoms with E-state index >= 15 is 0 Å². The van der Waals surface area contributed by atoms with Crippen molar-refractivity contribution in [1.29, 1.82) is 0 Å². The number of para-hydroxylation sites is 2. The summed E-state index contributed by atoms with van der Waals surface area (Å²) in [5.74, 6) is -0.758. The number of hydrogen-bond acceptors (Lipinski definition) is 4. The van der Waals surface area contributed by atoms with E-state index < -0.39 is 12.0 Å². The Hall–Kier alpha value is -4.20. The molecule has 4 rings (SSSR count). The van der Waals surface area contributed by atoms with Crippen molar-refractivity contribution < 1.29 is 18.7 Å².